The quantitative estimate of drug-likeness (QED) is 0.353. The van der Waals surface area contributed by atoms with Gasteiger partial charge < -0.3 is 19.2 Å². The summed E-state index contributed by atoms with van der Waals surface area (Å²) in [5, 5.41) is 19.7. The number of hydrogen-bond donors (Lipinski definition) is 2. The van der Waals surface area contributed by atoms with Crippen molar-refractivity contribution in [2.24, 2.45) is 17.8 Å². The van der Waals surface area contributed by atoms with Crippen molar-refractivity contribution in [3.63, 3.8) is 0 Å². The largest absolute Gasteiger partial charge is 0.459 e. The molecule has 0 radical (unpaired) electrons. The third kappa shape index (κ3) is 4.61. The van der Waals surface area contributed by atoms with Crippen molar-refractivity contribution in [1.82, 2.24) is 4.90 Å². The number of amides is 2. The highest BCUT2D eigenvalue weighted by Gasteiger charge is 2.56. The Balaban J connectivity index is 1.54. The van der Waals surface area contributed by atoms with Gasteiger partial charge in [0.2, 0.25) is 11.8 Å². The summed E-state index contributed by atoms with van der Waals surface area (Å²) in [6.45, 7) is 6.43. The Morgan fingerprint density at radius 1 is 1.24 bits per heavy atom. The maximum Gasteiger partial charge on any atom is 0.455 e. The number of rotatable bonds is 8. The van der Waals surface area contributed by atoms with Gasteiger partial charge in [0, 0.05) is 6.54 Å². The smallest absolute Gasteiger partial charge is 0.455 e. The van der Waals surface area contributed by atoms with E-state index >= 15 is 0 Å². The number of allylic oxidation sites excluding steroid dienone is 2. The van der Waals surface area contributed by atoms with Crippen molar-refractivity contribution in [3.05, 3.63) is 40.4 Å². The molecular weight excluding hydrogens is 421 g/mol. The number of furan rings is 1. The molecule has 0 aromatic carbocycles. The summed E-state index contributed by atoms with van der Waals surface area (Å²) in [6.07, 6.45) is 5.70. The number of carbonyl (C=O) groups is 2. The van der Waals surface area contributed by atoms with Gasteiger partial charge in [0.15, 0.2) is 0 Å². The van der Waals surface area contributed by atoms with Crippen molar-refractivity contribution >= 4 is 25.0 Å². The molecule has 33 heavy (non-hydrogen) atoms. The Labute approximate surface area is 195 Å². The van der Waals surface area contributed by atoms with Crippen LogP contribution < -0.4 is 0 Å². The summed E-state index contributed by atoms with van der Waals surface area (Å²) in [4.78, 5) is 27.5. The highest BCUT2D eigenvalue weighted by atomic mass is 16.5. The molecular formula is C25H34BNO6. The Hall–Kier alpha value is -2.16. The number of fused-ring (bicyclic) bond motifs is 3. The molecule has 1 aromatic heterocycles. The van der Waals surface area contributed by atoms with Crippen molar-refractivity contribution in [3.8, 4) is 0 Å². The number of likely N-dealkylation sites (tertiary alicyclic amines) is 1. The predicted molar refractivity (Wildman–Crippen MR) is 125 cm³/mol. The van der Waals surface area contributed by atoms with E-state index in [1.54, 1.807) is 6.07 Å². The topological polar surface area (TPSA) is 100 Å². The molecule has 7 nitrogen and oxygen atoms in total. The molecule has 2 N–H and O–H groups in total. The number of aliphatic hydroxyl groups excluding tert-OH is 1. The van der Waals surface area contributed by atoms with Crippen LogP contribution in [0.15, 0.2) is 33.3 Å². The fourth-order valence-electron chi connectivity index (χ4n) is 5.86. The Bertz CT molecular complexity index is 966. The zero-order valence-corrected chi connectivity index (χ0v) is 19.8. The molecule has 4 rings (SSSR count). The highest BCUT2D eigenvalue weighted by molar-refractivity contribution is 6.43. The monoisotopic (exact) mass is 455 g/mol. The second-order valence-electron chi connectivity index (χ2n) is 9.48. The molecule has 4 atom stereocenters. The summed E-state index contributed by atoms with van der Waals surface area (Å²) in [6, 6.07) is 3.61. The highest BCUT2D eigenvalue weighted by Crippen LogP contribution is 2.50. The molecule has 178 valence electrons. The van der Waals surface area contributed by atoms with Gasteiger partial charge in [-0.2, -0.15) is 0 Å². The van der Waals surface area contributed by atoms with Crippen molar-refractivity contribution < 1.29 is 28.8 Å². The van der Waals surface area contributed by atoms with E-state index in [0.717, 1.165) is 30.4 Å². The number of nitrogens with zero attached hydrogens (tertiary/aromatic N) is 1. The van der Waals surface area contributed by atoms with E-state index in [4.69, 9.17) is 9.07 Å². The van der Waals surface area contributed by atoms with Crippen molar-refractivity contribution in [1.29, 1.82) is 0 Å². The lowest BCUT2D eigenvalue weighted by molar-refractivity contribution is -0.140. The van der Waals surface area contributed by atoms with E-state index in [-0.39, 0.29) is 42.3 Å². The van der Waals surface area contributed by atoms with Gasteiger partial charge in [-0.1, -0.05) is 25.0 Å². The zero-order chi connectivity index (χ0) is 23.7. The molecule has 0 saturated carbocycles. The molecule has 2 amide bonds. The summed E-state index contributed by atoms with van der Waals surface area (Å²) in [7, 11) is -0.940. The zero-order valence-electron chi connectivity index (χ0n) is 19.8. The molecule has 3 aliphatic rings. The van der Waals surface area contributed by atoms with Gasteiger partial charge in [0.05, 0.1) is 17.9 Å². The predicted octanol–water partition coefficient (Wildman–Crippen LogP) is 3.57. The lowest BCUT2D eigenvalue weighted by Crippen LogP contribution is -2.46. The van der Waals surface area contributed by atoms with Crippen LogP contribution in [-0.2, 0) is 20.9 Å². The number of imide groups is 1. The van der Waals surface area contributed by atoms with E-state index in [1.807, 2.05) is 26.0 Å². The van der Waals surface area contributed by atoms with Gasteiger partial charge in [0.25, 0.3) is 0 Å². The molecule has 0 unspecified atom stereocenters. The first-order chi connectivity index (χ1) is 15.9. The van der Waals surface area contributed by atoms with Gasteiger partial charge in [-0.3, -0.25) is 14.5 Å². The molecule has 2 saturated heterocycles. The summed E-state index contributed by atoms with van der Waals surface area (Å²) in [5.41, 5.74) is 3.41. The first kappa shape index (κ1) is 24.0. The first-order valence-electron chi connectivity index (χ1n) is 12.1. The SMILES string of the molecule is CCCN1C(=O)[C@@H]2[C@@H](CC(C)=C3[C@@H](CC/C(=C/c4ccc(CO)o4)CC)OB(O)C[C@@H]32)C1=O. The molecule has 8 heteroatoms. The molecule has 0 spiro atoms. The normalized spacial score (nSPS) is 28.0. The van der Waals surface area contributed by atoms with Gasteiger partial charge in [0.1, 0.15) is 18.1 Å². The summed E-state index contributed by atoms with van der Waals surface area (Å²) in [5.74, 6) is 0.256. The van der Waals surface area contributed by atoms with Gasteiger partial charge in [-0.05, 0) is 75.0 Å². The first-order valence-corrected chi connectivity index (χ1v) is 12.1. The van der Waals surface area contributed by atoms with Crippen LogP contribution >= 0.6 is 0 Å². The van der Waals surface area contributed by atoms with Crippen LogP contribution in [0, 0.1) is 17.8 Å². The second-order valence-corrected chi connectivity index (χ2v) is 9.48. The van der Waals surface area contributed by atoms with Crippen LogP contribution in [0.25, 0.3) is 6.08 Å². The van der Waals surface area contributed by atoms with Crippen molar-refractivity contribution in [2.45, 2.75) is 71.9 Å². The van der Waals surface area contributed by atoms with Crippen LogP contribution in [0.3, 0.4) is 0 Å². The van der Waals surface area contributed by atoms with Crippen LogP contribution in [0.2, 0.25) is 6.32 Å². The molecule has 2 fully saturated rings. The Kier molecular flexibility index (Phi) is 7.26. The van der Waals surface area contributed by atoms with E-state index < -0.39 is 7.12 Å². The lowest BCUT2D eigenvalue weighted by atomic mass is 9.59. The maximum absolute atomic E-state index is 13.2. The standard InChI is InChI=1S/C25H34BNO6/c1-4-10-27-24(29)19-11-15(3)22-20(23(19)25(27)30)13-26(31)33-21(22)9-6-16(5-2)12-17-7-8-18(14-28)32-17/h7-8,12,19-21,23,28,31H,4-6,9-11,13-14H2,1-3H3/b16-12+/t19-,20+,21-,23-/m1/s1. The van der Waals surface area contributed by atoms with E-state index in [2.05, 4.69) is 6.92 Å². The van der Waals surface area contributed by atoms with Gasteiger partial charge in [-0.15, -0.1) is 0 Å². The van der Waals surface area contributed by atoms with Gasteiger partial charge >= 0.3 is 7.12 Å². The molecule has 3 heterocycles. The maximum atomic E-state index is 13.2. The minimum absolute atomic E-state index is 0.0559. The van der Waals surface area contributed by atoms with Crippen LogP contribution in [-0.4, -0.2) is 46.6 Å². The molecule has 1 aromatic rings. The molecule has 0 bridgehead atoms. The Morgan fingerprint density at radius 3 is 2.70 bits per heavy atom. The summed E-state index contributed by atoms with van der Waals surface area (Å²) < 4.78 is 11.6. The number of hydrogen-bond acceptors (Lipinski definition) is 6. The van der Waals surface area contributed by atoms with Crippen LogP contribution in [0.4, 0.5) is 0 Å². The van der Waals surface area contributed by atoms with Crippen LogP contribution in [0.1, 0.15) is 64.4 Å². The molecule has 2 aliphatic heterocycles. The third-order valence-corrected chi connectivity index (χ3v) is 7.36. The second kappa shape index (κ2) is 9.99. The average molecular weight is 455 g/mol. The summed E-state index contributed by atoms with van der Waals surface area (Å²) >= 11 is 0. The lowest BCUT2D eigenvalue weighted by Gasteiger charge is -2.42. The molecule has 1 aliphatic carbocycles. The number of carbonyl (C=O) groups excluding carboxylic acids is 2. The van der Waals surface area contributed by atoms with E-state index in [1.165, 1.54) is 10.5 Å². The number of aliphatic hydroxyl groups is 1. The van der Waals surface area contributed by atoms with E-state index in [9.17, 15) is 19.7 Å². The fourth-order valence-corrected chi connectivity index (χ4v) is 5.86. The van der Waals surface area contributed by atoms with E-state index in [0.29, 0.717) is 37.2 Å². The van der Waals surface area contributed by atoms with Crippen molar-refractivity contribution in [2.75, 3.05) is 6.54 Å². The minimum atomic E-state index is -0.940. The van der Waals surface area contributed by atoms with Crippen LogP contribution in [0.5, 0.6) is 0 Å². The Morgan fingerprint density at radius 2 is 2.03 bits per heavy atom. The fraction of sp³-hybridized carbons (Fsp3) is 0.600. The van der Waals surface area contributed by atoms with Gasteiger partial charge in [-0.25, -0.2) is 0 Å². The average Bonchev–Trinajstić information content (AvgIpc) is 3.34. The minimum Gasteiger partial charge on any atom is -0.459 e. The third-order valence-electron chi connectivity index (χ3n) is 7.36.